The van der Waals surface area contributed by atoms with E-state index in [1.54, 1.807) is 17.7 Å². The van der Waals surface area contributed by atoms with Crippen LogP contribution in [0.1, 0.15) is 18.4 Å². The molecule has 4 heterocycles. The highest BCUT2D eigenvalue weighted by atomic mass is 32.2. The number of carbonyl (C=O) groups excluding carboxylic acids is 1. The summed E-state index contributed by atoms with van der Waals surface area (Å²) in [6, 6.07) is 8.47. The third-order valence-corrected chi connectivity index (χ3v) is 7.15. The van der Waals surface area contributed by atoms with Gasteiger partial charge in [0.05, 0.1) is 21.5 Å². The molecule has 0 unspecified atom stereocenters. The highest BCUT2D eigenvalue weighted by Crippen LogP contribution is 2.37. The summed E-state index contributed by atoms with van der Waals surface area (Å²) in [6.45, 7) is 3.85. The topological polar surface area (TPSA) is 59.0 Å². The van der Waals surface area contributed by atoms with Crippen molar-refractivity contribution in [3.05, 3.63) is 36.2 Å². The average Bonchev–Trinajstić information content (AvgIpc) is 3.32. The molecule has 0 spiro atoms. The number of thiophene rings is 1. The molecule has 5 nitrogen and oxygen atoms in total. The zero-order valence-electron chi connectivity index (χ0n) is 14.9. The number of fused-ring (bicyclic) bond motifs is 4. The summed E-state index contributed by atoms with van der Waals surface area (Å²) < 4.78 is 1.02. The standard InChI is InChI=1S/C20H18N4OS2/c1-12-4-5-13-9-14-17-18(27-19(14)23-15(13)8-12)20(22-11-21-17)26-10-16(25)24-6-2-3-7-24/h4-5,8-9,11H,2-3,6-7,10H2,1H3. The Hall–Kier alpha value is -2.25. The van der Waals surface area contributed by atoms with Gasteiger partial charge in [-0.25, -0.2) is 15.0 Å². The van der Waals surface area contributed by atoms with Crippen molar-refractivity contribution in [1.29, 1.82) is 0 Å². The van der Waals surface area contributed by atoms with Crippen molar-refractivity contribution >= 4 is 60.3 Å². The maximum absolute atomic E-state index is 12.4. The molecule has 136 valence electrons. The Morgan fingerprint density at radius 1 is 1.22 bits per heavy atom. The van der Waals surface area contributed by atoms with Crippen LogP contribution in [0, 0.1) is 6.92 Å². The van der Waals surface area contributed by atoms with Crippen LogP contribution in [0.2, 0.25) is 0 Å². The lowest BCUT2D eigenvalue weighted by atomic mass is 10.1. The Balaban J connectivity index is 1.54. The molecule has 1 aromatic carbocycles. The summed E-state index contributed by atoms with van der Waals surface area (Å²) in [6.07, 6.45) is 3.82. The van der Waals surface area contributed by atoms with Gasteiger partial charge in [0.15, 0.2) is 0 Å². The molecule has 4 aromatic rings. The molecular formula is C20H18N4OS2. The van der Waals surface area contributed by atoms with Crippen molar-refractivity contribution in [1.82, 2.24) is 19.9 Å². The number of likely N-dealkylation sites (tertiary alicyclic amines) is 1. The normalized spacial score (nSPS) is 14.6. The fraction of sp³-hybridized carbons (Fsp3) is 0.300. The van der Waals surface area contributed by atoms with Crippen LogP contribution in [0.4, 0.5) is 0 Å². The van der Waals surface area contributed by atoms with E-state index in [0.29, 0.717) is 5.75 Å². The number of pyridine rings is 1. The van der Waals surface area contributed by atoms with Gasteiger partial charge < -0.3 is 4.90 Å². The van der Waals surface area contributed by atoms with E-state index >= 15 is 0 Å². The molecule has 7 heteroatoms. The number of thioether (sulfide) groups is 1. The van der Waals surface area contributed by atoms with Crippen molar-refractivity contribution in [2.45, 2.75) is 24.8 Å². The monoisotopic (exact) mass is 394 g/mol. The molecule has 0 saturated carbocycles. The maximum atomic E-state index is 12.4. The maximum Gasteiger partial charge on any atom is 0.232 e. The number of carbonyl (C=O) groups is 1. The molecule has 3 aromatic heterocycles. The first kappa shape index (κ1) is 16.9. The second kappa shape index (κ2) is 6.73. The van der Waals surface area contributed by atoms with Gasteiger partial charge in [-0.15, -0.1) is 11.3 Å². The minimum absolute atomic E-state index is 0.199. The van der Waals surface area contributed by atoms with E-state index in [-0.39, 0.29) is 5.91 Å². The smallest absolute Gasteiger partial charge is 0.232 e. The molecule has 0 bridgehead atoms. The van der Waals surface area contributed by atoms with Gasteiger partial charge in [-0.3, -0.25) is 4.79 Å². The molecule has 1 aliphatic rings. The summed E-state index contributed by atoms with van der Waals surface area (Å²) in [5.41, 5.74) is 3.13. The van der Waals surface area contributed by atoms with E-state index < -0.39 is 0 Å². The highest BCUT2D eigenvalue weighted by molar-refractivity contribution is 8.00. The number of amides is 1. The van der Waals surface area contributed by atoms with E-state index in [1.165, 1.54) is 17.3 Å². The van der Waals surface area contributed by atoms with Gasteiger partial charge in [-0.05, 0) is 37.5 Å². The minimum atomic E-state index is 0.199. The van der Waals surface area contributed by atoms with Crippen molar-refractivity contribution in [3.8, 4) is 0 Å². The molecule has 5 rings (SSSR count). The van der Waals surface area contributed by atoms with Crippen LogP contribution in [0.15, 0.2) is 35.6 Å². The zero-order valence-corrected chi connectivity index (χ0v) is 16.6. The Morgan fingerprint density at radius 2 is 2.07 bits per heavy atom. The van der Waals surface area contributed by atoms with Gasteiger partial charge in [0, 0.05) is 23.9 Å². The quantitative estimate of drug-likeness (QED) is 0.380. The predicted molar refractivity (Wildman–Crippen MR) is 111 cm³/mol. The Bertz CT molecular complexity index is 1180. The lowest BCUT2D eigenvalue weighted by molar-refractivity contribution is -0.127. The fourth-order valence-corrected chi connectivity index (χ4v) is 5.63. The second-order valence-electron chi connectivity index (χ2n) is 6.87. The van der Waals surface area contributed by atoms with Crippen LogP contribution in [-0.2, 0) is 4.79 Å². The second-order valence-corrected chi connectivity index (χ2v) is 8.84. The average molecular weight is 395 g/mol. The molecule has 0 N–H and O–H groups in total. The summed E-state index contributed by atoms with van der Waals surface area (Å²) in [4.78, 5) is 29.1. The summed E-state index contributed by atoms with van der Waals surface area (Å²) >= 11 is 3.12. The molecule has 0 radical (unpaired) electrons. The number of rotatable bonds is 3. The number of hydrogen-bond donors (Lipinski definition) is 0. The van der Waals surface area contributed by atoms with Crippen LogP contribution in [-0.4, -0.2) is 44.6 Å². The van der Waals surface area contributed by atoms with Gasteiger partial charge in [0.2, 0.25) is 5.91 Å². The minimum Gasteiger partial charge on any atom is -0.342 e. The first-order valence-corrected chi connectivity index (χ1v) is 10.8. The van der Waals surface area contributed by atoms with Gasteiger partial charge in [-0.2, -0.15) is 0 Å². The van der Waals surface area contributed by atoms with Crippen molar-refractivity contribution in [3.63, 3.8) is 0 Å². The van der Waals surface area contributed by atoms with Crippen LogP contribution in [0.25, 0.3) is 31.3 Å². The molecular weight excluding hydrogens is 376 g/mol. The van der Waals surface area contributed by atoms with E-state index in [1.807, 2.05) is 4.90 Å². The van der Waals surface area contributed by atoms with Gasteiger partial charge in [-0.1, -0.05) is 23.9 Å². The Labute approximate surface area is 164 Å². The van der Waals surface area contributed by atoms with Gasteiger partial charge >= 0.3 is 0 Å². The Morgan fingerprint density at radius 3 is 2.93 bits per heavy atom. The number of hydrogen-bond acceptors (Lipinski definition) is 6. The number of benzene rings is 1. The van der Waals surface area contributed by atoms with Crippen molar-refractivity contribution in [2.75, 3.05) is 18.8 Å². The lowest BCUT2D eigenvalue weighted by Crippen LogP contribution is -2.29. The molecule has 1 fully saturated rings. The van der Waals surface area contributed by atoms with Crippen LogP contribution in [0.3, 0.4) is 0 Å². The molecule has 0 atom stereocenters. The molecule has 1 saturated heterocycles. The van der Waals surface area contributed by atoms with Crippen LogP contribution in [0.5, 0.6) is 0 Å². The fourth-order valence-electron chi connectivity index (χ4n) is 3.54. The molecule has 27 heavy (non-hydrogen) atoms. The summed E-state index contributed by atoms with van der Waals surface area (Å²) in [5.74, 6) is 0.624. The van der Waals surface area contributed by atoms with Crippen molar-refractivity contribution in [2.24, 2.45) is 0 Å². The largest absolute Gasteiger partial charge is 0.342 e. The molecule has 1 amide bonds. The highest BCUT2D eigenvalue weighted by Gasteiger charge is 2.19. The summed E-state index contributed by atoms with van der Waals surface area (Å²) in [5, 5.41) is 3.04. The van der Waals surface area contributed by atoms with E-state index in [2.05, 4.69) is 41.2 Å². The molecule has 1 aliphatic heterocycles. The van der Waals surface area contributed by atoms with E-state index in [9.17, 15) is 4.79 Å². The van der Waals surface area contributed by atoms with Gasteiger partial charge in [0.1, 0.15) is 16.2 Å². The molecule has 0 aliphatic carbocycles. The van der Waals surface area contributed by atoms with Crippen molar-refractivity contribution < 1.29 is 4.79 Å². The third-order valence-electron chi connectivity index (χ3n) is 4.95. The van der Waals surface area contributed by atoms with Crippen LogP contribution < -0.4 is 0 Å². The van der Waals surface area contributed by atoms with E-state index in [4.69, 9.17) is 4.98 Å². The van der Waals surface area contributed by atoms with E-state index in [0.717, 1.165) is 62.3 Å². The zero-order chi connectivity index (χ0) is 18.4. The SMILES string of the molecule is Cc1ccc2cc3c(nc2c1)sc1c(SCC(=O)N2CCCC2)ncnc13. The summed E-state index contributed by atoms with van der Waals surface area (Å²) in [7, 11) is 0. The number of aryl methyl sites for hydroxylation is 1. The predicted octanol–water partition coefficient (Wildman–Crippen LogP) is 4.42. The first-order valence-electron chi connectivity index (χ1n) is 9.04. The number of aromatic nitrogens is 3. The van der Waals surface area contributed by atoms with Gasteiger partial charge in [0.25, 0.3) is 0 Å². The number of nitrogens with zero attached hydrogens (tertiary/aromatic N) is 4. The first-order chi connectivity index (χ1) is 13.2. The Kier molecular flexibility index (Phi) is 4.21. The lowest BCUT2D eigenvalue weighted by Gasteiger charge is -2.14. The van der Waals surface area contributed by atoms with Crippen LogP contribution >= 0.6 is 23.1 Å². The third kappa shape index (κ3) is 3.04.